The molecular formula is C20H21FN2. The predicted octanol–water partition coefficient (Wildman–Crippen LogP) is 4.35. The molecule has 0 spiro atoms. The lowest BCUT2D eigenvalue weighted by Crippen LogP contribution is -2.37. The van der Waals surface area contributed by atoms with Crippen LogP contribution in [0.1, 0.15) is 36.2 Å². The lowest BCUT2D eigenvalue weighted by molar-refractivity contribution is 0.203. The van der Waals surface area contributed by atoms with E-state index in [2.05, 4.69) is 46.3 Å². The Balaban J connectivity index is 1.58. The maximum Gasteiger partial charge on any atom is 0.144 e. The van der Waals surface area contributed by atoms with E-state index in [9.17, 15) is 4.39 Å². The predicted molar refractivity (Wildman–Crippen MR) is 90.3 cm³/mol. The summed E-state index contributed by atoms with van der Waals surface area (Å²) in [5.74, 6) is -0.223. The second-order valence-electron chi connectivity index (χ2n) is 6.62. The monoisotopic (exact) mass is 308 g/mol. The van der Waals surface area contributed by atoms with E-state index in [-0.39, 0.29) is 5.82 Å². The Hall–Kier alpha value is -2.00. The van der Waals surface area contributed by atoms with E-state index in [0.717, 1.165) is 18.7 Å². The van der Waals surface area contributed by atoms with E-state index < -0.39 is 0 Å². The molecule has 0 N–H and O–H groups in total. The summed E-state index contributed by atoms with van der Waals surface area (Å²) in [7, 11) is 0. The Morgan fingerprint density at radius 2 is 1.96 bits per heavy atom. The smallest absolute Gasteiger partial charge is 0.144 e. The first-order valence-corrected chi connectivity index (χ1v) is 8.34. The molecule has 0 saturated carbocycles. The summed E-state index contributed by atoms with van der Waals surface area (Å²) in [4.78, 5) is 7.05. The molecule has 2 unspecified atom stereocenters. The van der Waals surface area contributed by atoms with Gasteiger partial charge in [-0.25, -0.2) is 4.39 Å². The van der Waals surface area contributed by atoms with Crippen LogP contribution in [0.5, 0.6) is 0 Å². The molecule has 3 heterocycles. The number of hydrogen-bond donors (Lipinski definition) is 0. The van der Waals surface area contributed by atoms with Crippen molar-refractivity contribution in [2.75, 3.05) is 0 Å². The molecule has 1 aromatic carbocycles. The van der Waals surface area contributed by atoms with Crippen LogP contribution in [0.15, 0.2) is 48.5 Å². The molecule has 3 heteroatoms. The quantitative estimate of drug-likeness (QED) is 0.838. The van der Waals surface area contributed by atoms with Gasteiger partial charge < -0.3 is 0 Å². The molecule has 118 valence electrons. The summed E-state index contributed by atoms with van der Waals surface area (Å²) in [6.07, 6.45) is 5.81. The Kier molecular flexibility index (Phi) is 3.74. The fraction of sp³-hybridized carbons (Fsp3) is 0.350. The van der Waals surface area contributed by atoms with Crippen molar-refractivity contribution < 1.29 is 4.39 Å². The van der Waals surface area contributed by atoms with Gasteiger partial charge in [0.15, 0.2) is 0 Å². The first kappa shape index (κ1) is 14.6. The molecular weight excluding hydrogens is 287 g/mol. The molecule has 4 rings (SSSR count). The van der Waals surface area contributed by atoms with E-state index in [1.165, 1.54) is 30.0 Å². The number of pyridine rings is 1. The SMILES string of the molecule is Cc1nc(C2=CC3CCC(C2)N3Cc2ccccc2)ccc1F. The molecule has 0 amide bonds. The van der Waals surface area contributed by atoms with Gasteiger partial charge in [-0.1, -0.05) is 36.4 Å². The second kappa shape index (κ2) is 5.89. The number of halogens is 1. The summed E-state index contributed by atoms with van der Waals surface area (Å²) in [6, 6.07) is 15.1. The molecule has 2 nitrogen and oxygen atoms in total. The first-order chi connectivity index (χ1) is 11.2. The minimum Gasteiger partial charge on any atom is -0.289 e. The highest BCUT2D eigenvalue weighted by atomic mass is 19.1. The lowest BCUT2D eigenvalue weighted by Gasteiger charge is -2.34. The average Bonchev–Trinajstić information content (AvgIpc) is 2.80. The minimum atomic E-state index is -0.223. The molecule has 2 aromatic rings. The maximum absolute atomic E-state index is 13.4. The van der Waals surface area contributed by atoms with Gasteiger partial charge >= 0.3 is 0 Å². The number of aryl methyl sites for hydroxylation is 1. The molecule has 1 fully saturated rings. The molecule has 2 bridgehead atoms. The van der Waals surface area contributed by atoms with E-state index in [1.807, 2.05) is 6.07 Å². The Bertz CT molecular complexity index is 739. The van der Waals surface area contributed by atoms with Gasteiger partial charge in [-0.05, 0) is 49.5 Å². The Labute approximate surface area is 136 Å². The number of hydrogen-bond acceptors (Lipinski definition) is 2. The topological polar surface area (TPSA) is 16.1 Å². The van der Waals surface area contributed by atoms with E-state index in [1.54, 1.807) is 6.92 Å². The van der Waals surface area contributed by atoms with Crippen molar-refractivity contribution in [3.05, 3.63) is 71.3 Å². The van der Waals surface area contributed by atoms with Crippen molar-refractivity contribution in [3.8, 4) is 0 Å². The van der Waals surface area contributed by atoms with Crippen LogP contribution >= 0.6 is 0 Å². The van der Waals surface area contributed by atoms with Gasteiger partial charge in [0.25, 0.3) is 0 Å². The summed E-state index contributed by atoms with van der Waals surface area (Å²) < 4.78 is 13.4. The van der Waals surface area contributed by atoms with Crippen LogP contribution in [-0.4, -0.2) is 22.0 Å². The van der Waals surface area contributed by atoms with Crippen LogP contribution in [-0.2, 0) is 6.54 Å². The minimum absolute atomic E-state index is 0.223. The van der Waals surface area contributed by atoms with Crippen LogP contribution in [0.2, 0.25) is 0 Å². The third-order valence-corrected chi connectivity index (χ3v) is 5.10. The third-order valence-electron chi connectivity index (χ3n) is 5.10. The van der Waals surface area contributed by atoms with Crippen molar-refractivity contribution in [1.82, 2.24) is 9.88 Å². The van der Waals surface area contributed by atoms with Gasteiger partial charge in [0, 0.05) is 18.6 Å². The van der Waals surface area contributed by atoms with Crippen molar-refractivity contribution in [1.29, 1.82) is 0 Å². The molecule has 2 atom stereocenters. The molecule has 23 heavy (non-hydrogen) atoms. The van der Waals surface area contributed by atoms with E-state index in [0.29, 0.717) is 17.8 Å². The lowest BCUT2D eigenvalue weighted by atomic mass is 9.97. The zero-order valence-electron chi connectivity index (χ0n) is 13.4. The van der Waals surface area contributed by atoms with Gasteiger partial charge in [-0.3, -0.25) is 9.88 Å². The van der Waals surface area contributed by atoms with Crippen LogP contribution in [0.4, 0.5) is 4.39 Å². The molecule has 2 aliphatic rings. The summed E-state index contributed by atoms with van der Waals surface area (Å²) in [5, 5.41) is 0. The zero-order chi connectivity index (χ0) is 15.8. The number of benzene rings is 1. The summed E-state index contributed by atoms with van der Waals surface area (Å²) >= 11 is 0. The molecule has 0 radical (unpaired) electrons. The van der Waals surface area contributed by atoms with Gasteiger partial charge in [0.05, 0.1) is 11.4 Å². The van der Waals surface area contributed by atoms with Gasteiger partial charge in [-0.2, -0.15) is 0 Å². The standard InChI is InChI=1S/C20H21FN2/c1-14-19(21)9-10-20(22-14)16-11-17-7-8-18(12-16)23(17)13-15-5-3-2-4-6-15/h2-6,9-11,17-18H,7-8,12-13H2,1H3. The number of rotatable bonds is 3. The van der Waals surface area contributed by atoms with E-state index >= 15 is 0 Å². The largest absolute Gasteiger partial charge is 0.289 e. The van der Waals surface area contributed by atoms with Crippen molar-refractivity contribution in [3.63, 3.8) is 0 Å². The highest BCUT2D eigenvalue weighted by molar-refractivity contribution is 5.65. The molecule has 1 aromatic heterocycles. The molecule has 0 aliphatic carbocycles. The van der Waals surface area contributed by atoms with Gasteiger partial charge in [-0.15, -0.1) is 0 Å². The Morgan fingerprint density at radius 1 is 1.13 bits per heavy atom. The normalized spacial score (nSPS) is 23.8. The summed E-state index contributed by atoms with van der Waals surface area (Å²) in [5.41, 5.74) is 4.09. The van der Waals surface area contributed by atoms with Crippen molar-refractivity contribution in [2.45, 2.75) is 44.8 Å². The third kappa shape index (κ3) is 2.81. The van der Waals surface area contributed by atoms with E-state index in [4.69, 9.17) is 0 Å². The summed E-state index contributed by atoms with van der Waals surface area (Å²) in [6.45, 7) is 2.74. The number of nitrogens with zero attached hydrogens (tertiary/aromatic N) is 2. The van der Waals surface area contributed by atoms with Crippen LogP contribution in [0, 0.1) is 12.7 Å². The van der Waals surface area contributed by atoms with Crippen molar-refractivity contribution >= 4 is 5.57 Å². The fourth-order valence-corrected chi connectivity index (χ4v) is 3.87. The number of fused-ring (bicyclic) bond motifs is 2. The zero-order valence-corrected chi connectivity index (χ0v) is 13.4. The average molecular weight is 308 g/mol. The fourth-order valence-electron chi connectivity index (χ4n) is 3.87. The van der Waals surface area contributed by atoms with Gasteiger partial charge in [0.2, 0.25) is 0 Å². The van der Waals surface area contributed by atoms with Crippen LogP contribution in [0.25, 0.3) is 5.57 Å². The highest BCUT2D eigenvalue weighted by Gasteiger charge is 2.36. The molecule has 2 aliphatic heterocycles. The Morgan fingerprint density at radius 3 is 2.70 bits per heavy atom. The van der Waals surface area contributed by atoms with Crippen molar-refractivity contribution in [2.24, 2.45) is 0 Å². The first-order valence-electron chi connectivity index (χ1n) is 8.34. The maximum atomic E-state index is 13.4. The highest BCUT2D eigenvalue weighted by Crippen LogP contribution is 2.39. The number of aromatic nitrogens is 1. The second-order valence-corrected chi connectivity index (χ2v) is 6.62. The molecule has 1 saturated heterocycles. The van der Waals surface area contributed by atoms with Crippen LogP contribution < -0.4 is 0 Å². The van der Waals surface area contributed by atoms with Crippen LogP contribution in [0.3, 0.4) is 0 Å². The van der Waals surface area contributed by atoms with Gasteiger partial charge in [0.1, 0.15) is 5.82 Å².